The van der Waals surface area contributed by atoms with Crippen LogP contribution in [0.5, 0.6) is 0 Å². The minimum absolute atomic E-state index is 0.215. The van der Waals surface area contributed by atoms with E-state index in [0.29, 0.717) is 13.1 Å². The van der Waals surface area contributed by atoms with E-state index < -0.39 is 15.8 Å². The molecule has 0 aliphatic carbocycles. The average molecular weight is 337 g/mol. The Morgan fingerprint density at radius 2 is 2.00 bits per heavy atom. The number of benzene rings is 1. The van der Waals surface area contributed by atoms with Gasteiger partial charge in [0.15, 0.2) is 0 Å². The number of nitrogens with zero attached hydrogens (tertiary/aromatic N) is 1. The summed E-state index contributed by atoms with van der Waals surface area (Å²) in [5.41, 5.74) is 0.245. The zero-order chi connectivity index (χ0) is 16.0. The van der Waals surface area contributed by atoms with Crippen molar-refractivity contribution in [2.24, 2.45) is 0 Å². The van der Waals surface area contributed by atoms with E-state index in [4.69, 9.17) is 11.6 Å². The van der Waals surface area contributed by atoms with Crippen LogP contribution in [0.4, 0.5) is 4.39 Å². The normalized spacial score (nSPS) is 12.1. The third-order valence-electron chi connectivity index (χ3n) is 3.18. The number of unbranched alkanes of at least 4 members (excludes halogenated alkanes) is 1. The molecule has 0 saturated heterocycles. The van der Waals surface area contributed by atoms with Crippen LogP contribution in [-0.4, -0.2) is 32.9 Å². The van der Waals surface area contributed by atoms with Crippen LogP contribution in [0.25, 0.3) is 0 Å². The highest BCUT2D eigenvalue weighted by molar-refractivity contribution is 7.89. The van der Waals surface area contributed by atoms with Gasteiger partial charge in [-0.3, -0.25) is 0 Å². The zero-order valence-corrected chi connectivity index (χ0v) is 14.2. The summed E-state index contributed by atoms with van der Waals surface area (Å²) >= 11 is 5.94. The first kappa shape index (κ1) is 18.4. The van der Waals surface area contributed by atoms with E-state index in [2.05, 4.69) is 5.32 Å². The van der Waals surface area contributed by atoms with Gasteiger partial charge in [0.05, 0.1) is 0 Å². The van der Waals surface area contributed by atoms with Gasteiger partial charge >= 0.3 is 0 Å². The molecule has 0 heterocycles. The molecule has 0 unspecified atom stereocenters. The average Bonchev–Trinajstić information content (AvgIpc) is 2.43. The van der Waals surface area contributed by atoms with Crippen molar-refractivity contribution in [3.8, 4) is 0 Å². The van der Waals surface area contributed by atoms with Crippen molar-refractivity contribution in [2.75, 3.05) is 20.1 Å². The Morgan fingerprint density at radius 3 is 2.52 bits per heavy atom. The highest BCUT2D eigenvalue weighted by atomic mass is 35.5. The third kappa shape index (κ3) is 4.39. The summed E-state index contributed by atoms with van der Waals surface area (Å²) < 4.78 is 40.9. The fourth-order valence-electron chi connectivity index (χ4n) is 2.05. The molecule has 1 aromatic rings. The Kier molecular flexibility index (Phi) is 7.06. The van der Waals surface area contributed by atoms with Gasteiger partial charge in [0.2, 0.25) is 10.0 Å². The first-order chi connectivity index (χ1) is 9.88. The second kappa shape index (κ2) is 8.08. The maximum absolute atomic E-state index is 14.4. The summed E-state index contributed by atoms with van der Waals surface area (Å²) in [4.78, 5) is -0.349. The fraction of sp³-hybridized carbons (Fsp3) is 0.571. The third-order valence-corrected chi connectivity index (χ3v) is 5.37. The quantitative estimate of drug-likeness (QED) is 0.794. The number of hydrogen-bond acceptors (Lipinski definition) is 3. The van der Waals surface area contributed by atoms with Gasteiger partial charge < -0.3 is 5.32 Å². The van der Waals surface area contributed by atoms with E-state index in [-0.39, 0.29) is 22.0 Å². The van der Waals surface area contributed by atoms with E-state index in [9.17, 15) is 12.8 Å². The molecule has 0 amide bonds. The largest absolute Gasteiger partial charge is 0.316 e. The van der Waals surface area contributed by atoms with Gasteiger partial charge in [0.25, 0.3) is 0 Å². The standard InChI is InChI=1S/C14H22ClFN2O2S/c1-4-6-7-18(5-2)21(19,20)13-9-12(15)8-11(10-17-3)14(13)16/h8-9,17H,4-7,10H2,1-3H3. The maximum Gasteiger partial charge on any atom is 0.246 e. The van der Waals surface area contributed by atoms with E-state index in [1.807, 2.05) is 6.92 Å². The van der Waals surface area contributed by atoms with Crippen LogP contribution in [0.15, 0.2) is 17.0 Å². The number of hydrogen-bond donors (Lipinski definition) is 1. The molecule has 0 saturated carbocycles. The molecule has 0 aromatic heterocycles. The van der Waals surface area contributed by atoms with Crippen LogP contribution in [0.3, 0.4) is 0 Å². The lowest BCUT2D eigenvalue weighted by Crippen LogP contribution is -2.32. The molecular weight excluding hydrogens is 315 g/mol. The SMILES string of the molecule is CCCCN(CC)S(=O)(=O)c1cc(Cl)cc(CNC)c1F. The lowest BCUT2D eigenvalue weighted by molar-refractivity contribution is 0.414. The van der Waals surface area contributed by atoms with E-state index in [1.165, 1.54) is 16.4 Å². The number of rotatable bonds is 8. The first-order valence-corrected chi connectivity index (χ1v) is 8.82. The smallest absolute Gasteiger partial charge is 0.246 e. The molecule has 0 bridgehead atoms. The van der Waals surface area contributed by atoms with Crippen LogP contribution in [0.2, 0.25) is 5.02 Å². The molecule has 7 heteroatoms. The summed E-state index contributed by atoms with van der Waals surface area (Å²) in [5, 5.41) is 3.02. The summed E-state index contributed by atoms with van der Waals surface area (Å²) in [6.07, 6.45) is 1.60. The molecule has 0 aliphatic heterocycles. The Balaban J connectivity index is 3.29. The van der Waals surface area contributed by atoms with Crippen LogP contribution in [-0.2, 0) is 16.6 Å². The predicted molar refractivity (Wildman–Crippen MR) is 83.5 cm³/mol. The second-order valence-corrected chi connectivity index (χ2v) is 7.10. The lowest BCUT2D eigenvalue weighted by atomic mass is 10.2. The lowest BCUT2D eigenvalue weighted by Gasteiger charge is -2.21. The maximum atomic E-state index is 14.4. The summed E-state index contributed by atoms with van der Waals surface area (Å²) in [6.45, 7) is 4.61. The molecule has 0 aliphatic rings. The minimum Gasteiger partial charge on any atom is -0.316 e. The molecule has 1 rings (SSSR count). The van der Waals surface area contributed by atoms with Crippen molar-refractivity contribution in [1.29, 1.82) is 0 Å². The molecule has 0 radical (unpaired) electrons. The van der Waals surface area contributed by atoms with Gasteiger partial charge in [0.1, 0.15) is 10.7 Å². The first-order valence-electron chi connectivity index (χ1n) is 7.01. The van der Waals surface area contributed by atoms with Crippen LogP contribution >= 0.6 is 11.6 Å². The number of nitrogens with one attached hydrogen (secondary N) is 1. The highest BCUT2D eigenvalue weighted by Gasteiger charge is 2.27. The molecular formula is C14H22ClFN2O2S. The van der Waals surface area contributed by atoms with Gasteiger partial charge in [-0.1, -0.05) is 31.9 Å². The summed E-state index contributed by atoms with van der Waals surface area (Å²) in [7, 11) is -2.21. The van der Waals surface area contributed by atoms with Crippen molar-refractivity contribution in [2.45, 2.75) is 38.1 Å². The van der Waals surface area contributed by atoms with Crippen molar-refractivity contribution >= 4 is 21.6 Å². The van der Waals surface area contributed by atoms with Crippen LogP contribution < -0.4 is 5.32 Å². The van der Waals surface area contributed by atoms with Crippen molar-refractivity contribution in [3.05, 3.63) is 28.5 Å². The fourth-order valence-corrected chi connectivity index (χ4v) is 3.97. The van der Waals surface area contributed by atoms with Gasteiger partial charge in [0, 0.05) is 30.2 Å². The van der Waals surface area contributed by atoms with E-state index in [0.717, 1.165) is 12.8 Å². The monoisotopic (exact) mass is 336 g/mol. The predicted octanol–water partition coefficient (Wildman–Crippen LogP) is 3.01. The van der Waals surface area contributed by atoms with Gasteiger partial charge in [-0.15, -0.1) is 0 Å². The molecule has 4 nitrogen and oxygen atoms in total. The molecule has 0 spiro atoms. The van der Waals surface area contributed by atoms with E-state index >= 15 is 0 Å². The molecule has 120 valence electrons. The molecule has 0 fully saturated rings. The molecule has 1 aromatic carbocycles. The highest BCUT2D eigenvalue weighted by Crippen LogP contribution is 2.26. The van der Waals surface area contributed by atoms with Crippen molar-refractivity contribution < 1.29 is 12.8 Å². The number of halogens is 2. The summed E-state index contributed by atoms with van der Waals surface area (Å²) in [5.74, 6) is -0.733. The second-order valence-electron chi connectivity index (χ2n) is 4.76. The Labute approximate surface area is 131 Å². The van der Waals surface area contributed by atoms with Gasteiger partial charge in [-0.05, 0) is 25.6 Å². The Bertz CT molecular complexity index is 579. The topological polar surface area (TPSA) is 49.4 Å². The zero-order valence-electron chi connectivity index (χ0n) is 12.6. The molecule has 21 heavy (non-hydrogen) atoms. The Hall–Kier alpha value is -0.690. The van der Waals surface area contributed by atoms with Crippen LogP contribution in [0, 0.1) is 5.82 Å². The minimum atomic E-state index is -3.87. The number of sulfonamides is 1. The van der Waals surface area contributed by atoms with Gasteiger partial charge in [-0.2, -0.15) is 4.31 Å². The van der Waals surface area contributed by atoms with Crippen molar-refractivity contribution in [3.63, 3.8) is 0 Å². The Morgan fingerprint density at radius 1 is 1.33 bits per heavy atom. The van der Waals surface area contributed by atoms with Crippen molar-refractivity contribution in [1.82, 2.24) is 9.62 Å². The van der Waals surface area contributed by atoms with Crippen LogP contribution in [0.1, 0.15) is 32.3 Å². The molecule has 1 N–H and O–H groups in total. The van der Waals surface area contributed by atoms with E-state index in [1.54, 1.807) is 14.0 Å². The summed E-state index contributed by atoms with van der Waals surface area (Å²) in [6, 6.07) is 2.62. The van der Waals surface area contributed by atoms with Gasteiger partial charge in [-0.25, -0.2) is 12.8 Å². The molecule has 0 atom stereocenters.